The zero-order chi connectivity index (χ0) is 10.4. The second-order valence-electron chi connectivity index (χ2n) is 2.61. The van der Waals surface area contributed by atoms with Gasteiger partial charge in [0.05, 0.1) is 6.20 Å². The van der Waals surface area contributed by atoms with Gasteiger partial charge in [-0.3, -0.25) is 5.10 Å². The molecule has 1 N–H and O–H groups in total. The fourth-order valence-corrected chi connectivity index (χ4v) is 1.19. The highest BCUT2D eigenvalue weighted by atomic mass is 32.1. The van der Waals surface area contributed by atoms with Gasteiger partial charge < -0.3 is 0 Å². The van der Waals surface area contributed by atoms with Crippen LogP contribution in [0.4, 0.5) is 0 Å². The lowest BCUT2D eigenvalue weighted by Crippen LogP contribution is -1.89. The van der Waals surface area contributed by atoms with E-state index in [-0.39, 0.29) is 0 Å². The molecule has 0 aliphatic rings. The van der Waals surface area contributed by atoms with Gasteiger partial charge >= 0.3 is 0 Å². The van der Waals surface area contributed by atoms with E-state index in [4.69, 9.17) is 0 Å². The predicted octanol–water partition coefficient (Wildman–Crippen LogP) is 1.19. The summed E-state index contributed by atoms with van der Waals surface area (Å²) in [4.78, 5) is 7.98. The molecule has 0 saturated carbocycles. The van der Waals surface area contributed by atoms with Crippen LogP contribution < -0.4 is 0 Å². The molecule has 0 aromatic carbocycles. The molecule has 0 atom stereocenters. The monoisotopic (exact) mass is 209 g/mol. The number of H-pyrrole nitrogens is 1. The van der Waals surface area contributed by atoms with Crippen molar-refractivity contribution in [3.63, 3.8) is 0 Å². The van der Waals surface area contributed by atoms with Gasteiger partial charge in [-0.15, -0.1) is 17.7 Å². The molecule has 0 aliphatic heterocycles. The quantitative estimate of drug-likeness (QED) is 0.505. The average Bonchev–Trinajstić information content (AvgIpc) is 2.56. The molecule has 0 unspecified atom stereocenters. The summed E-state index contributed by atoms with van der Waals surface area (Å²) in [5.74, 6) is 0. The number of nitrogens with one attached hydrogen (secondary N) is 1. The minimum atomic E-state index is 0.549. The van der Waals surface area contributed by atoms with E-state index in [2.05, 4.69) is 38.0 Å². The molecule has 6 heteroatoms. The standard InChI is InChI=1S/C6H8N2S.C2H3N3/c1-4-3-5(2)8-6(9)7-4;1-2-4-5-3-1/h3H,1-2H3,(H,7,8,9);1-2H,(H,3,4,5). The Hall–Kier alpha value is -1.43. The molecule has 2 heterocycles. The Kier molecular flexibility index (Phi) is 4.06. The molecule has 0 amide bonds. The number of aromatic amines is 1. The van der Waals surface area contributed by atoms with Crippen molar-refractivity contribution in [3.05, 3.63) is 29.8 Å². The fraction of sp³-hybridized carbons (Fsp3) is 0.250. The second kappa shape index (κ2) is 5.33. The summed E-state index contributed by atoms with van der Waals surface area (Å²) in [6, 6.07) is 1.92. The molecule has 2 aromatic rings. The molecule has 0 bridgehead atoms. The molecule has 0 saturated heterocycles. The summed E-state index contributed by atoms with van der Waals surface area (Å²) in [5, 5.41) is 9.81. The first-order valence-corrected chi connectivity index (χ1v) is 4.45. The van der Waals surface area contributed by atoms with Crippen LogP contribution >= 0.6 is 12.6 Å². The van der Waals surface area contributed by atoms with Crippen molar-refractivity contribution in [3.8, 4) is 0 Å². The molecule has 5 nitrogen and oxygen atoms in total. The van der Waals surface area contributed by atoms with Crippen molar-refractivity contribution in [2.75, 3.05) is 0 Å². The average molecular weight is 209 g/mol. The number of thiol groups is 1. The van der Waals surface area contributed by atoms with E-state index in [0.717, 1.165) is 11.4 Å². The van der Waals surface area contributed by atoms with Crippen LogP contribution in [0, 0.1) is 13.8 Å². The maximum absolute atomic E-state index is 4.00. The van der Waals surface area contributed by atoms with Crippen molar-refractivity contribution in [1.82, 2.24) is 25.4 Å². The second-order valence-corrected chi connectivity index (χ2v) is 3.01. The van der Waals surface area contributed by atoms with Crippen LogP contribution in [0.25, 0.3) is 0 Å². The third-order valence-corrected chi connectivity index (χ3v) is 1.50. The third kappa shape index (κ3) is 3.99. The van der Waals surface area contributed by atoms with Gasteiger partial charge in [-0.05, 0) is 19.9 Å². The van der Waals surface area contributed by atoms with Gasteiger partial charge in [-0.25, -0.2) is 9.97 Å². The Labute approximate surface area is 87.4 Å². The van der Waals surface area contributed by atoms with E-state index in [1.165, 1.54) is 0 Å². The highest BCUT2D eigenvalue weighted by Crippen LogP contribution is 2.01. The molecule has 0 aliphatic carbocycles. The topological polar surface area (TPSA) is 67.3 Å². The van der Waals surface area contributed by atoms with Crippen LogP contribution in [-0.4, -0.2) is 25.4 Å². The first-order valence-electron chi connectivity index (χ1n) is 4.00. The largest absolute Gasteiger partial charge is 0.266 e. The maximum Gasteiger partial charge on any atom is 0.184 e. The summed E-state index contributed by atoms with van der Waals surface area (Å²) in [5.41, 5.74) is 1.93. The Morgan fingerprint density at radius 3 is 2.14 bits per heavy atom. The van der Waals surface area contributed by atoms with E-state index in [9.17, 15) is 0 Å². The van der Waals surface area contributed by atoms with Crippen LogP contribution in [0.1, 0.15) is 11.4 Å². The Morgan fingerprint density at radius 2 is 1.86 bits per heavy atom. The van der Waals surface area contributed by atoms with Gasteiger partial charge in [0.15, 0.2) is 5.16 Å². The van der Waals surface area contributed by atoms with Crippen LogP contribution in [0.15, 0.2) is 23.6 Å². The minimum Gasteiger partial charge on any atom is -0.266 e. The number of nitrogens with zero attached hydrogens (tertiary/aromatic N) is 4. The molecular weight excluding hydrogens is 198 g/mol. The van der Waals surface area contributed by atoms with E-state index in [0.29, 0.717) is 5.16 Å². The molecule has 0 radical (unpaired) electrons. The van der Waals surface area contributed by atoms with Crippen LogP contribution in [-0.2, 0) is 0 Å². The van der Waals surface area contributed by atoms with E-state index in [1.54, 1.807) is 12.4 Å². The maximum atomic E-state index is 4.00. The number of hydrogen-bond acceptors (Lipinski definition) is 5. The van der Waals surface area contributed by atoms with Gasteiger partial charge in [-0.1, -0.05) is 5.21 Å². The lowest BCUT2D eigenvalue weighted by atomic mass is 10.4. The summed E-state index contributed by atoms with van der Waals surface area (Å²) in [6.07, 6.45) is 3.24. The summed E-state index contributed by atoms with van der Waals surface area (Å²) in [7, 11) is 0. The molecule has 0 fully saturated rings. The number of rotatable bonds is 0. The lowest BCUT2D eigenvalue weighted by molar-refractivity contribution is 0.908. The van der Waals surface area contributed by atoms with Crippen LogP contribution in [0.5, 0.6) is 0 Å². The van der Waals surface area contributed by atoms with Crippen molar-refractivity contribution in [2.45, 2.75) is 19.0 Å². The first kappa shape index (κ1) is 10.6. The van der Waals surface area contributed by atoms with Crippen molar-refractivity contribution in [2.24, 2.45) is 0 Å². The van der Waals surface area contributed by atoms with Gasteiger partial charge in [0.25, 0.3) is 0 Å². The van der Waals surface area contributed by atoms with Crippen LogP contribution in [0.3, 0.4) is 0 Å². The third-order valence-electron chi connectivity index (χ3n) is 1.30. The van der Waals surface area contributed by atoms with Crippen molar-refractivity contribution >= 4 is 12.6 Å². The Morgan fingerprint density at radius 1 is 1.21 bits per heavy atom. The van der Waals surface area contributed by atoms with Gasteiger partial charge in [-0.2, -0.15) is 0 Å². The van der Waals surface area contributed by atoms with Gasteiger partial charge in [0.2, 0.25) is 0 Å². The summed E-state index contributed by atoms with van der Waals surface area (Å²) in [6.45, 7) is 3.85. The minimum absolute atomic E-state index is 0.549. The molecule has 2 aromatic heterocycles. The van der Waals surface area contributed by atoms with Crippen LogP contribution in [0.2, 0.25) is 0 Å². The molecule has 2 rings (SSSR count). The Balaban J connectivity index is 0.000000165. The van der Waals surface area contributed by atoms with E-state index in [1.807, 2.05) is 19.9 Å². The highest BCUT2D eigenvalue weighted by molar-refractivity contribution is 7.80. The predicted molar refractivity (Wildman–Crippen MR) is 55.1 cm³/mol. The summed E-state index contributed by atoms with van der Waals surface area (Å²) < 4.78 is 0. The number of hydrogen-bond donors (Lipinski definition) is 2. The highest BCUT2D eigenvalue weighted by Gasteiger charge is 1.91. The van der Waals surface area contributed by atoms with E-state index < -0.39 is 0 Å². The SMILES string of the molecule is Cc1cc(C)nc(S)n1.c1c[nH]nn1. The first-order chi connectivity index (χ1) is 6.68. The normalized spacial score (nSPS) is 9.07. The zero-order valence-corrected chi connectivity index (χ0v) is 8.86. The lowest BCUT2D eigenvalue weighted by Gasteiger charge is -1.94. The van der Waals surface area contributed by atoms with Crippen molar-refractivity contribution < 1.29 is 0 Å². The van der Waals surface area contributed by atoms with Crippen molar-refractivity contribution in [1.29, 1.82) is 0 Å². The Bertz CT molecular complexity index is 306. The zero-order valence-electron chi connectivity index (χ0n) is 7.97. The molecular formula is C8H11N5S. The smallest absolute Gasteiger partial charge is 0.184 e. The molecule has 14 heavy (non-hydrogen) atoms. The number of aromatic nitrogens is 5. The van der Waals surface area contributed by atoms with E-state index >= 15 is 0 Å². The number of aryl methyl sites for hydroxylation is 2. The van der Waals surface area contributed by atoms with Gasteiger partial charge in [0, 0.05) is 17.6 Å². The molecule has 0 spiro atoms. The fourth-order valence-electron chi connectivity index (χ4n) is 0.874. The molecule has 74 valence electrons. The van der Waals surface area contributed by atoms with Gasteiger partial charge in [0.1, 0.15) is 0 Å². The summed E-state index contributed by atoms with van der Waals surface area (Å²) >= 11 is 4.00.